The molecule has 0 fully saturated rings. The number of aryl methyl sites for hydroxylation is 2. The van der Waals surface area contributed by atoms with Crippen LogP contribution in [0, 0.1) is 6.92 Å². The average molecular weight is 334 g/mol. The predicted octanol–water partition coefficient (Wildman–Crippen LogP) is 6.43. The van der Waals surface area contributed by atoms with E-state index in [1.54, 1.807) is 0 Å². The molecule has 0 heterocycles. The van der Waals surface area contributed by atoms with Crippen molar-refractivity contribution in [3.05, 3.63) is 90.0 Å². The Morgan fingerprint density at radius 1 is 0.750 bits per heavy atom. The molecular weight excluding hydrogens is 308 g/mol. The smallest absolute Gasteiger partial charge is 0.0654 e. The van der Waals surface area contributed by atoms with E-state index in [-0.39, 0.29) is 10.9 Å². The van der Waals surface area contributed by atoms with E-state index in [9.17, 15) is 0 Å². The molecule has 0 unspecified atom stereocenters. The van der Waals surface area contributed by atoms with Gasteiger partial charge >= 0.3 is 0 Å². The van der Waals surface area contributed by atoms with E-state index in [2.05, 4.69) is 92.7 Å². The molecular formula is C23H25S+. The zero-order chi connectivity index (χ0) is 16.8. The van der Waals surface area contributed by atoms with Crippen molar-refractivity contribution in [3.63, 3.8) is 0 Å². The molecule has 0 bridgehead atoms. The van der Waals surface area contributed by atoms with Gasteiger partial charge in [0.2, 0.25) is 0 Å². The minimum Gasteiger partial charge on any atom is -0.0654 e. The lowest BCUT2D eigenvalue weighted by Crippen LogP contribution is -2.07. The van der Waals surface area contributed by atoms with Crippen LogP contribution >= 0.6 is 0 Å². The maximum Gasteiger partial charge on any atom is 0.169 e. The second-order valence-electron chi connectivity index (χ2n) is 6.14. The van der Waals surface area contributed by atoms with Gasteiger partial charge in [0.25, 0.3) is 0 Å². The molecule has 3 aromatic rings. The Morgan fingerprint density at radius 3 is 1.83 bits per heavy atom. The first-order valence-corrected chi connectivity index (χ1v) is 9.96. The van der Waals surface area contributed by atoms with Crippen molar-refractivity contribution < 1.29 is 0 Å². The summed E-state index contributed by atoms with van der Waals surface area (Å²) < 4.78 is 0. The van der Waals surface area contributed by atoms with Crippen LogP contribution in [0.2, 0.25) is 0 Å². The standard InChI is InChI=1S/C23H25S/c1-3-4-11-20-16-17-23(19(2)18-20)24(21-12-7-5-8-13-21)22-14-9-6-10-15-22/h5-10,12-18H,3-4,11H2,1-2H3/q+1. The van der Waals surface area contributed by atoms with Crippen LogP contribution in [0.5, 0.6) is 0 Å². The highest BCUT2D eigenvalue weighted by Crippen LogP contribution is 2.33. The van der Waals surface area contributed by atoms with Gasteiger partial charge in [-0.05, 0) is 55.7 Å². The molecule has 0 radical (unpaired) electrons. The van der Waals surface area contributed by atoms with Gasteiger partial charge in [-0.15, -0.1) is 0 Å². The summed E-state index contributed by atoms with van der Waals surface area (Å²) in [6.45, 7) is 4.51. The molecule has 3 rings (SSSR count). The Labute approximate surface area is 148 Å². The van der Waals surface area contributed by atoms with Gasteiger partial charge in [-0.25, -0.2) is 0 Å². The van der Waals surface area contributed by atoms with Crippen LogP contribution in [0.15, 0.2) is 93.5 Å². The normalized spacial score (nSPS) is 11.0. The lowest BCUT2D eigenvalue weighted by atomic mass is 10.1. The molecule has 3 aromatic carbocycles. The van der Waals surface area contributed by atoms with E-state index in [1.165, 1.54) is 45.1 Å². The monoisotopic (exact) mass is 333 g/mol. The number of hydrogen-bond acceptors (Lipinski definition) is 0. The van der Waals surface area contributed by atoms with Crippen LogP contribution in [-0.2, 0) is 17.3 Å². The number of unbranched alkanes of at least 4 members (excludes halogenated alkanes) is 1. The first-order chi connectivity index (χ1) is 11.8. The third-order valence-corrected chi connectivity index (χ3v) is 6.62. The van der Waals surface area contributed by atoms with Gasteiger partial charge in [0.15, 0.2) is 14.7 Å². The summed E-state index contributed by atoms with van der Waals surface area (Å²) >= 11 is 0. The maximum absolute atomic E-state index is 2.39. The highest BCUT2D eigenvalue weighted by molar-refractivity contribution is 7.97. The summed E-state index contributed by atoms with van der Waals surface area (Å²) in [5, 5.41) is 0. The van der Waals surface area contributed by atoms with Crippen molar-refractivity contribution in [3.8, 4) is 0 Å². The zero-order valence-electron chi connectivity index (χ0n) is 14.5. The third-order valence-electron chi connectivity index (χ3n) is 4.24. The van der Waals surface area contributed by atoms with Crippen molar-refractivity contribution in [1.82, 2.24) is 0 Å². The molecule has 0 saturated carbocycles. The molecule has 0 aliphatic rings. The van der Waals surface area contributed by atoms with Crippen molar-refractivity contribution in [1.29, 1.82) is 0 Å². The zero-order valence-corrected chi connectivity index (χ0v) is 15.4. The summed E-state index contributed by atoms with van der Waals surface area (Å²) in [6, 6.07) is 28.8. The predicted molar refractivity (Wildman–Crippen MR) is 105 cm³/mol. The summed E-state index contributed by atoms with van der Waals surface area (Å²) in [5.41, 5.74) is 2.86. The van der Waals surface area contributed by atoms with Crippen LogP contribution in [0.4, 0.5) is 0 Å². The van der Waals surface area contributed by atoms with Gasteiger partial charge in [0, 0.05) is 5.56 Å². The van der Waals surface area contributed by atoms with E-state index in [0.29, 0.717) is 0 Å². The van der Waals surface area contributed by atoms with E-state index >= 15 is 0 Å². The highest BCUT2D eigenvalue weighted by Gasteiger charge is 2.29. The Balaban J connectivity index is 2.03. The van der Waals surface area contributed by atoms with Crippen molar-refractivity contribution >= 4 is 10.9 Å². The minimum absolute atomic E-state index is 0.0402. The molecule has 0 spiro atoms. The second kappa shape index (κ2) is 8.21. The van der Waals surface area contributed by atoms with Crippen LogP contribution in [0.3, 0.4) is 0 Å². The Morgan fingerprint density at radius 2 is 1.33 bits per heavy atom. The molecule has 0 aliphatic carbocycles. The van der Waals surface area contributed by atoms with Gasteiger partial charge < -0.3 is 0 Å². The van der Waals surface area contributed by atoms with Gasteiger partial charge in [0.1, 0.15) is 0 Å². The minimum atomic E-state index is -0.0402. The molecule has 0 N–H and O–H groups in total. The molecule has 0 aromatic heterocycles. The van der Waals surface area contributed by atoms with Crippen LogP contribution in [0.25, 0.3) is 0 Å². The molecule has 0 atom stereocenters. The van der Waals surface area contributed by atoms with Gasteiger partial charge in [0.05, 0.1) is 10.9 Å². The van der Waals surface area contributed by atoms with Crippen LogP contribution in [0.1, 0.15) is 30.9 Å². The molecule has 0 nitrogen and oxygen atoms in total. The fourth-order valence-corrected chi connectivity index (χ4v) is 5.20. The van der Waals surface area contributed by atoms with Crippen LogP contribution in [-0.4, -0.2) is 0 Å². The molecule has 0 aliphatic heterocycles. The molecule has 1 heteroatoms. The van der Waals surface area contributed by atoms with Crippen LogP contribution < -0.4 is 0 Å². The SMILES string of the molecule is CCCCc1ccc([S+](c2ccccc2)c2ccccc2)c(C)c1. The van der Waals surface area contributed by atoms with Gasteiger partial charge in [-0.1, -0.05) is 61.9 Å². The summed E-state index contributed by atoms with van der Waals surface area (Å²) in [5.74, 6) is 0. The molecule has 24 heavy (non-hydrogen) atoms. The molecule has 0 saturated heterocycles. The van der Waals surface area contributed by atoms with Gasteiger partial charge in [-0.2, -0.15) is 0 Å². The lowest BCUT2D eigenvalue weighted by Gasteiger charge is -2.11. The fraction of sp³-hybridized carbons (Fsp3) is 0.217. The highest BCUT2D eigenvalue weighted by atomic mass is 32.2. The van der Waals surface area contributed by atoms with E-state index in [1.807, 2.05) is 0 Å². The van der Waals surface area contributed by atoms with Crippen molar-refractivity contribution in [2.24, 2.45) is 0 Å². The second-order valence-corrected chi connectivity index (χ2v) is 8.13. The Hall–Kier alpha value is -1.99. The lowest BCUT2D eigenvalue weighted by molar-refractivity contribution is 0.793. The quantitative estimate of drug-likeness (QED) is 0.456. The first kappa shape index (κ1) is 16.9. The maximum atomic E-state index is 2.39. The summed E-state index contributed by atoms with van der Waals surface area (Å²) in [6.07, 6.45) is 3.70. The number of rotatable bonds is 6. The largest absolute Gasteiger partial charge is 0.169 e. The van der Waals surface area contributed by atoms with Crippen molar-refractivity contribution in [2.45, 2.75) is 47.8 Å². The molecule has 122 valence electrons. The summed E-state index contributed by atoms with van der Waals surface area (Å²) in [4.78, 5) is 4.20. The Bertz CT molecular complexity index is 723. The molecule has 0 amide bonds. The topological polar surface area (TPSA) is 0 Å². The average Bonchev–Trinajstić information content (AvgIpc) is 2.64. The van der Waals surface area contributed by atoms with Crippen molar-refractivity contribution in [2.75, 3.05) is 0 Å². The first-order valence-electron chi connectivity index (χ1n) is 8.73. The fourth-order valence-electron chi connectivity index (χ4n) is 2.98. The summed E-state index contributed by atoms with van der Waals surface area (Å²) in [7, 11) is -0.0402. The van der Waals surface area contributed by atoms with Gasteiger partial charge in [-0.3, -0.25) is 0 Å². The Kier molecular flexibility index (Phi) is 5.77. The van der Waals surface area contributed by atoms with E-state index in [0.717, 1.165) is 0 Å². The van der Waals surface area contributed by atoms with E-state index in [4.69, 9.17) is 0 Å². The van der Waals surface area contributed by atoms with E-state index < -0.39 is 0 Å². The third kappa shape index (κ3) is 3.91. The number of hydrogen-bond donors (Lipinski definition) is 0. The number of benzene rings is 3.